The van der Waals surface area contributed by atoms with Crippen molar-refractivity contribution in [3.8, 4) is 11.1 Å². The SMILES string of the molecule is CCOC(=O)C(C)CC(N)[C@H](C(=O)OC(C)(C)C)c1ccc(-c2ccccc2)cc1. The third kappa shape index (κ3) is 6.70. The van der Waals surface area contributed by atoms with Crippen molar-refractivity contribution < 1.29 is 19.1 Å². The Labute approximate surface area is 179 Å². The van der Waals surface area contributed by atoms with Crippen molar-refractivity contribution in [3.63, 3.8) is 0 Å². The van der Waals surface area contributed by atoms with Gasteiger partial charge in [0.15, 0.2) is 0 Å². The van der Waals surface area contributed by atoms with Gasteiger partial charge in [0.2, 0.25) is 0 Å². The quantitative estimate of drug-likeness (QED) is 0.637. The molecular weight excluding hydrogens is 378 g/mol. The number of hydrogen-bond donors (Lipinski definition) is 1. The average Bonchev–Trinajstić information content (AvgIpc) is 2.68. The first-order chi connectivity index (χ1) is 14.1. The number of ether oxygens (including phenoxy) is 2. The fourth-order valence-corrected chi connectivity index (χ4v) is 3.36. The van der Waals surface area contributed by atoms with Crippen molar-refractivity contribution in [2.75, 3.05) is 6.61 Å². The molecule has 2 N–H and O–H groups in total. The molecule has 0 heterocycles. The lowest BCUT2D eigenvalue weighted by molar-refractivity contribution is -0.158. The van der Waals surface area contributed by atoms with Gasteiger partial charge < -0.3 is 15.2 Å². The van der Waals surface area contributed by atoms with Gasteiger partial charge >= 0.3 is 11.9 Å². The van der Waals surface area contributed by atoms with Crippen LogP contribution in [0.1, 0.15) is 52.5 Å². The van der Waals surface area contributed by atoms with Crippen molar-refractivity contribution in [1.29, 1.82) is 0 Å². The molecule has 0 aliphatic rings. The smallest absolute Gasteiger partial charge is 0.315 e. The van der Waals surface area contributed by atoms with E-state index < -0.39 is 29.4 Å². The van der Waals surface area contributed by atoms with Gasteiger partial charge in [0, 0.05) is 6.04 Å². The van der Waals surface area contributed by atoms with Gasteiger partial charge in [-0.3, -0.25) is 9.59 Å². The van der Waals surface area contributed by atoms with E-state index in [1.165, 1.54) is 0 Å². The Bertz CT molecular complexity index is 824. The second-order valence-corrected chi connectivity index (χ2v) is 8.55. The topological polar surface area (TPSA) is 78.6 Å². The minimum Gasteiger partial charge on any atom is -0.466 e. The molecule has 0 amide bonds. The predicted molar refractivity (Wildman–Crippen MR) is 119 cm³/mol. The Balaban J connectivity index is 2.29. The molecule has 0 aromatic heterocycles. The Morgan fingerprint density at radius 3 is 2.03 bits per heavy atom. The number of hydrogen-bond acceptors (Lipinski definition) is 5. The van der Waals surface area contributed by atoms with E-state index in [2.05, 4.69) is 0 Å². The predicted octanol–water partition coefficient (Wildman–Crippen LogP) is 4.70. The number of rotatable bonds is 8. The minimum atomic E-state index is -0.675. The summed E-state index contributed by atoms with van der Waals surface area (Å²) in [6.07, 6.45) is 0.323. The van der Waals surface area contributed by atoms with Crippen molar-refractivity contribution in [2.45, 2.75) is 58.6 Å². The summed E-state index contributed by atoms with van der Waals surface area (Å²) in [5, 5.41) is 0. The van der Waals surface area contributed by atoms with E-state index in [9.17, 15) is 9.59 Å². The van der Waals surface area contributed by atoms with E-state index >= 15 is 0 Å². The van der Waals surface area contributed by atoms with E-state index in [0.29, 0.717) is 13.0 Å². The Hall–Kier alpha value is -2.66. The van der Waals surface area contributed by atoms with Crippen LogP contribution in [-0.2, 0) is 19.1 Å². The first kappa shape index (κ1) is 23.6. The summed E-state index contributed by atoms with van der Waals surface area (Å²) in [4.78, 5) is 25.1. The number of esters is 2. The number of carbonyl (C=O) groups is 2. The average molecular weight is 412 g/mol. The van der Waals surface area contributed by atoms with Crippen LogP contribution in [0.3, 0.4) is 0 Å². The van der Waals surface area contributed by atoms with Gasteiger partial charge in [0.05, 0.1) is 18.4 Å². The molecule has 5 nitrogen and oxygen atoms in total. The fraction of sp³-hybridized carbons (Fsp3) is 0.440. The van der Waals surface area contributed by atoms with Crippen LogP contribution >= 0.6 is 0 Å². The van der Waals surface area contributed by atoms with Gasteiger partial charge in [-0.15, -0.1) is 0 Å². The van der Waals surface area contributed by atoms with Crippen LogP contribution in [-0.4, -0.2) is 30.2 Å². The lowest BCUT2D eigenvalue weighted by Crippen LogP contribution is -2.39. The van der Waals surface area contributed by atoms with E-state index in [0.717, 1.165) is 16.7 Å². The summed E-state index contributed by atoms with van der Waals surface area (Å²) in [5.41, 5.74) is 8.73. The molecule has 0 saturated carbocycles. The van der Waals surface area contributed by atoms with E-state index in [1.807, 2.05) is 75.4 Å². The minimum absolute atomic E-state index is 0.310. The third-order valence-electron chi connectivity index (χ3n) is 4.78. The highest BCUT2D eigenvalue weighted by atomic mass is 16.6. The Kier molecular flexibility index (Phi) is 8.18. The monoisotopic (exact) mass is 411 g/mol. The molecule has 0 radical (unpaired) electrons. The molecule has 2 rings (SSSR count). The molecular formula is C25H33NO4. The van der Waals surface area contributed by atoms with Crippen molar-refractivity contribution in [1.82, 2.24) is 0 Å². The Morgan fingerprint density at radius 1 is 0.933 bits per heavy atom. The zero-order valence-corrected chi connectivity index (χ0v) is 18.6. The van der Waals surface area contributed by atoms with Crippen LogP contribution in [0.2, 0.25) is 0 Å². The molecule has 5 heteroatoms. The summed E-state index contributed by atoms with van der Waals surface area (Å²) < 4.78 is 10.7. The second kappa shape index (κ2) is 10.4. The molecule has 0 aliphatic carbocycles. The summed E-state index contributed by atoms with van der Waals surface area (Å²) in [6.45, 7) is 9.33. The standard InChI is InChI=1S/C25H33NO4/c1-6-29-23(27)17(2)16-21(26)22(24(28)30-25(3,4)5)20-14-12-19(13-15-20)18-10-8-7-9-11-18/h7-15,17,21-22H,6,16,26H2,1-5H3/t17?,21?,22-/m1/s1. The second-order valence-electron chi connectivity index (χ2n) is 8.55. The van der Waals surface area contributed by atoms with Crippen LogP contribution in [0, 0.1) is 5.92 Å². The summed E-state index contributed by atoms with van der Waals surface area (Å²) in [5.74, 6) is -1.78. The highest BCUT2D eigenvalue weighted by Crippen LogP contribution is 2.29. The molecule has 0 spiro atoms. The summed E-state index contributed by atoms with van der Waals surface area (Å²) >= 11 is 0. The van der Waals surface area contributed by atoms with E-state index in [4.69, 9.17) is 15.2 Å². The van der Waals surface area contributed by atoms with E-state index in [-0.39, 0.29) is 5.97 Å². The van der Waals surface area contributed by atoms with Crippen LogP contribution in [0.25, 0.3) is 11.1 Å². The summed E-state index contributed by atoms with van der Waals surface area (Å²) in [7, 11) is 0. The molecule has 2 aromatic rings. The molecule has 0 aliphatic heterocycles. The largest absolute Gasteiger partial charge is 0.466 e. The highest BCUT2D eigenvalue weighted by molar-refractivity contribution is 5.80. The van der Waals surface area contributed by atoms with Gasteiger partial charge in [0.25, 0.3) is 0 Å². The Morgan fingerprint density at radius 2 is 1.50 bits per heavy atom. The molecule has 162 valence electrons. The number of carbonyl (C=O) groups excluding carboxylic acids is 2. The van der Waals surface area contributed by atoms with Gasteiger partial charge in [0.1, 0.15) is 5.60 Å². The molecule has 2 aromatic carbocycles. The molecule has 0 saturated heterocycles. The molecule has 2 unspecified atom stereocenters. The maximum absolute atomic E-state index is 13.0. The van der Waals surface area contributed by atoms with Crippen molar-refractivity contribution >= 4 is 11.9 Å². The van der Waals surface area contributed by atoms with E-state index in [1.54, 1.807) is 13.8 Å². The molecule has 3 atom stereocenters. The van der Waals surface area contributed by atoms with Crippen LogP contribution < -0.4 is 5.73 Å². The maximum Gasteiger partial charge on any atom is 0.315 e. The van der Waals surface area contributed by atoms with Crippen LogP contribution in [0.5, 0.6) is 0 Å². The maximum atomic E-state index is 13.0. The molecule has 30 heavy (non-hydrogen) atoms. The highest BCUT2D eigenvalue weighted by Gasteiger charge is 2.33. The first-order valence-corrected chi connectivity index (χ1v) is 10.4. The normalized spacial score (nSPS) is 14.5. The van der Waals surface area contributed by atoms with Crippen molar-refractivity contribution in [2.24, 2.45) is 11.7 Å². The fourth-order valence-electron chi connectivity index (χ4n) is 3.36. The lowest BCUT2D eigenvalue weighted by Gasteiger charge is -2.28. The van der Waals surface area contributed by atoms with Crippen molar-refractivity contribution in [3.05, 3.63) is 60.2 Å². The molecule has 0 bridgehead atoms. The first-order valence-electron chi connectivity index (χ1n) is 10.4. The molecule has 0 fully saturated rings. The number of benzene rings is 2. The summed E-state index contributed by atoms with van der Waals surface area (Å²) in [6, 6.07) is 17.2. The van der Waals surface area contributed by atoms with Gasteiger partial charge in [-0.2, -0.15) is 0 Å². The third-order valence-corrected chi connectivity index (χ3v) is 4.78. The number of nitrogens with two attached hydrogens (primary N) is 1. The lowest BCUT2D eigenvalue weighted by atomic mass is 9.85. The zero-order chi connectivity index (χ0) is 22.3. The zero-order valence-electron chi connectivity index (χ0n) is 18.6. The van der Waals surface area contributed by atoms with Crippen LogP contribution in [0.4, 0.5) is 0 Å². The van der Waals surface area contributed by atoms with Gasteiger partial charge in [-0.25, -0.2) is 0 Å². The van der Waals surface area contributed by atoms with Gasteiger partial charge in [-0.05, 0) is 50.8 Å². The van der Waals surface area contributed by atoms with Gasteiger partial charge in [-0.1, -0.05) is 61.5 Å². The van der Waals surface area contributed by atoms with Crippen LogP contribution in [0.15, 0.2) is 54.6 Å².